The number of aliphatic hydroxyl groups is 1. The van der Waals surface area contributed by atoms with Gasteiger partial charge in [-0.15, -0.1) is 0 Å². The lowest BCUT2D eigenvalue weighted by molar-refractivity contribution is 0.237. The van der Waals surface area contributed by atoms with Gasteiger partial charge in [0.1, 0.15) is 0 Å². The molecule has 7 nitrogen and oxygen atoms in total. The Hall–Kier alpha value is -2.41. The quantitative estimate of drug-likeness (QED) is 0.723. The van der Waals surface area contributed by atoms with E-state index in [2.05, 4.69) is 20.8 Å². The van der Waals surface area contributed by atoms with Crippen molar-refractivity contribution in [3.05, 3.63) is 30.1 Å². The topological polar surface area (TPSA) is 100 Å². The molecule has 1 unspecified atom stereocenters. The van der Waals surface area contributed by atoms with Crippen molar-refractivity contribution in [1.29, 1.82) is 0 Å². The van der Waals surface area contributed by atoms with Gasteiger partial charge in [0.15, 0.2) is 5.82 Å². The number of carbonyl (C=O) groups excluding carboxylic acids is 1. The van der Waals surface area contributed by atoms with Gasteiger partial charge in [0.25, 0.3) is 5.89 Å². The molecule has 1 aromatic heterocycles. The first kappa shape index (κ1) is 17.9. The normalized spacial score (nSPS) is 12.2. The van der Waals surface area contributed by atoms with Gasteiger partial charge in [-0.3, -0.25) is 0 Å². The van der Waals surface area contributed by atoms with Crippen LogP contribution in [0.15, 0.2) is 28.8 Å². The summed E-state index contributed by atoms with van der Waals surface area (Å²) in [4.78, 5) is 16.3. The standard InChI is InChI=1S/C17H24N4O3/c1-4-13(9-10-22)18-17(23)19-14-7-5-12(6-8-14)16-20-15(11(2)3)21-24-16/h5-8,11,13,22H,4,9-10H2,1-3H3,(H2,18,19,23). The van der Waals surface area contributed by atoms with E-state index in [1.807, 2.05) is 32.9 Å². The highest BCUT2D eigenvalue weighted by Gasteiger charge is 2.12. The zero-order valence-corrected chi connectivity index (χ0v) is 14.2. The van der Waals surface area contributed by atoms with Crippen molar-refractivity contribution in [2.45, 2.75) is 45.6 Å². The number of carbonyl (C=O) groups is 1. The summed E-state index contributed by atoms with van der Waals surface area (Å²) in [5, 5.41) is 18.5. The summed E-state index contributed by atoms with van der Waals surface area (Å²) in [6, 6.07) is 6.86. The number of urea groups is 1. The monoisotopic (exact) mass is 332 g/mol. The lowest BCUT2D eigenvalue weighted by atomic mass is 10.1. The fraction of sp³-hybridized carbons (Fsp3) is 0.471. The van der Waals surface area contributed by atoms with Gasteiger partial charge in [-0.05, 0) is 37.1 Å². The van der Waals surface area contributed by atoms with Crippen LogP contribution < -0.4 is 10.6 Å². The van der Waals surface area contributed by atoms with Gasteiger partial charge in [0.2, 0.25) is 0 Å². The molecular formula is C17H24N4O3. The van der Waals surface area contributed by atoms with Crippen molar-refractivity contribution in [1.82, 2.24) is 15.5 Å². The van der Waals surface area contributed by atoms with Gasteiger partial charge in [-0.1, -0.05) is 25.9 Å². The molecule has 0 aliphatic carbocycles. The van der Waals surface area contributed by atoms with Crippen molar-refractivity contribution in [3.63, 3.8) is 0 Å². The average Bonchev–Trinajstić information content (AvgIpc) is 3.05. The second kappa shape index (κ2) is 8.44. The Morgan fingerprint density at radius 2 is 2.00 bits per heavy atom. The Morgan fingerprint density at radius 1 is 1.29 bits per heavy atom. The first-order chi connectivity index (χ1) is 11.5. The highest BCUT2D eigenvalue weighted by Crippen LogP contribution is 2.21. The fourth-order valence-corrected chi connectivity index (χ4v) is 2.17. The number of aromatic nitrogens is 2. The molecule has 0 aliphatic heterocycles. The summed E-state index contributed by atoms with van der Waals surface area (Å²) in [5.41, 5.74) is 1.46. The third-order valence-electron chi connectivity index (χ3n) is 3.65. The maximum atomic E-state index is 11.9. The molecule has 1 atom stereocenters. The highest BCUT2D eigenvalue weighted by molar-refractivity contribution is 5.89. The molecule has 3 N–H and O–H groups in total. The summed E-state index contributed by atoms with van der Waals surface area (Å²) in [6.45, 7) is 6.02. The number of rotatable bonds is 7. The first-order valence-electron chi connectivity index (χ1n) is 8.15. The fourth-order valence-electron chi connectivity index (χ4n) is 2.17. The van der Waals surface area contributed by atoms with Crippen molar-refractivity contribution in [3.8, 4) is 11.5 Å². The smallest absolute Gasteiger partial charge is 0.319 e. The minimum atomic E-state index is -0.289. The van der Waals surface area contributed by atoms with E-state index in [1.54, 1.807) is 12.1 Å². The van der Waals surface area contributed by atoms with E-state index in [0.717, 1.165) is 12.0 Å². The molecule has 7 heteroatoms. The maximum absolute atomic E-state index is 11.9. The van der Waals surface area contributed by atoms with Crippen LogP contribution in [0, 0.1) is 0 Å². The summed E-state index contributed by atoms with van der Waals surface area (Å²) in [7, 11) is 0. The van der Waals surface area contributed by atoms with E-state index in [0.29, 0.717) is 23.8 Å². The number of hydrogen-bond donors (Lipinski definition) is 3. The Balaban J connectivity index is 1.97. The number of nitrogens with zero attached hydrogens (tertiary/aromatic N) is 2. The van der Waals surface area contributed by atoms with Gasteiger partial charge >= 0.3 is 6.03 Å². The molecule has 130 valence electrons. The molecule has 0 saturated carbocycles. The van der Waals surface area contributed by atoms with Crippen LogP contribution in [0.2, 0.25) is 0 Å². The largest absolute Gasteiger partial charge is 0.396 e. The summed E-state index contributed by atoms with van der Waals surface area (Å²) < 4.78 is 5.24. The molecular weight excluding hydrogens is 308 g/mol. The van der Waals surface area contributed by atoms with Gasteiger partial charge in [-0.25, -0.2) is 4.79 Å². The first-order valence-corrected chi connectivity index (χ1v) is 8.15. The van der Waals surface area contributed by atoms with E-state index in [1.165, 1.54) is 0 Å². The number of hydrogen-bond acceptors (Lipinski definition) is 5. The van der Waals surface area contributed by atoms with Gasteiger partial charge in [0, 0.05) is 29.8 Å². The van der Waals surface area contributed by atoms with Gasteiger partial charge in [-0.2, -0.15) is 4.98 Å². The van der Waals surface area contributed by atoms with Crippen LogP contribution in [0.25, 0.3) is 11.5 Å². The zero-order chi connectivity index (χ0) is 17.5. The second-order valence-corrected chi connectivity index (χ2v) is 5.91. The number of amides is 2. The zero-order valence-electron chi connectivity index (χ0n) is 14.2. The van der Waals surface area contributed by atoms with Crippen molar-refractivity contribution < 1.29 is 14.4 Å². The molecule has 24 heavy (non-hydrogen) atoms. The van der Waals surface area contributed by atoms with Crippen LogP contribution in [0.5, 0.6) is 0 Å². The number of anilines is 1. The Bertz CT molecular complexity index is 652. The Labute approximate surface area is 141 Å². The predicted octanol–water partition coefficient (Wildman–Crippen LogP) is 3.14. The molecule has 0 radical (unpaired) electrons. The molecule has 0 aliphatic rings. The van der Waals surface area contributed by atoms with Crippen molar-refractivity contribution in [2.24, 2.45) is 0 Å². The Morgan fingerprint density at radius 3 is 2.54 bits per heavy atom. The molecule has 2 amide bonds. The van der Waals surface area contributed by atoms with E-state index < -0.39 is 0 Å². The number of benzene rings is 1. The summed E-state index contributed by atoms with van der Waals surface area (Å²) >= 11 is 0. The van der Waals surface area contributed by atoms with Crippen LogP contribution in [0.3, 0.4) is 0 Å². The molecule has 0 bridgehead atoms. The van der Waals surface area contributed by atoms with Crippen LogP contribution in [-0.2, 0) is 0 Å². The van der Waals surface area contributed by atoms with Crippen LogP contribution in [0.4, 0.5) is 10.5 Å². The summed E-state index contributed by atoms with van der Waals surface area (Å²) in [5.74, 6) is 1.34. The highest BCUT2D eigenvalue weighted by atomic mass is 16.5. The summed E-state index contributed by atoms with van der Waals surface area (Å²) in [6.07, 6.45) is 1.31. The molecule has 1 heterocycles. The van der Waals surface area contributed by atoms with Crippen molar-refractivity contribution >= 4 is 11.7 Å². The SMILES string of the molecule is CCC(CCO)NC(=O)Nc1ccc(-c2nc(C(C)C)no2)cc1. The molecule has 0 saturated heterocycles. The second-order valence-electron chi connectivity index (χ2n) is 5.91. The minimum Gasteiger partial charge on any atom is -0.396 e. The van der Waals surface area contributed by atoms with Crippen molar-refractivity contribution in [2.75, 3.05) is 11.9 Å². The predicted molar refractivity (Wildman–Crippen MR) is 91.8 cm³/mol. The van der Waals surface area contributed by atoms with Crippen LogP contribution in [0.1, 0.15) is 45.4 Å². The van der Waals surface area contributed by atoms with E-state index in [4.69, 9.17) is 9.63 Å². The lowest BCUT2D eigenvalue weighted by Gasteiger charge is -2.16. The molecule has 0 fully saturated rings. The molecule has 0 spiro atoms. The van der Waals surface area contributed by atoms with Gasteiger partial charge < -0.3 is 20.3 Å². The molecule has 2 aromatic rings. The lowest BCUT2D eigenvalue weighted by Crippen LogP contribution is -2.38. The minimum absolute atomic E-state index is 0.0397. The molecule has 1 aromatic carbocycles. The number of aliphatic hydroxyl groups excluding tert-OH is 1. The Kier molecular flexibility index (Phi) is 6.31. The maximum Gasteiger partial charge on any atom is 0.319 e. The third-order valence-corrected chi connectivity index (χ3v) is 3.65. The third kappa shape index (κ3) is 4.79. The van der Waals surface area contributed by atoms with E-state index in [9.17, 15) is 4.79 Å². The van der Waals surface area contributed by atoms with Gasteiger partial charge in [0.05, 0.1) is 0 Å². The van der Waals surface area contributed by atoms with Crippen LogP contribution >= 0.6 is 0 Å². The molecule has 2 rings (SSSR count). The van der Waals surface area contributed by atoms with Crippen LogP contribution in [-0.4, -0.2) is 33.9 Å². The number of nitrogens with one attached hydrogen (secondary N) is 2. The van der Waals surface area contributed by atoms with E-state index >= 15 is 0 Å². The average molecular weight is 332 g/mol. The van der Waals surface area contributed by atoms with E-state index in [-0.39, 0.29) is 24.6 Å².